The van der Waals surface area contributed by atoms with Crippen molar-refractivity contribution in [2.45, 2.75) is 49.4 Å². The van der Waals surface area contributed by atoms with Gasteiger partial charge < -0.3 is 15.2 Å². The van der Waals surface area contributed by atoms with Crippen molar-refractivity contribution in [1.29, 1.82) is 0 Å². The number of aromatic nitrogens is 2. The van der Waals surface area contributed by atoms with Crippen LogP contribution >= 0.6 is 0 Å². The van der Waals surface area contributed by atoms with E-state index in [1.54, 1.807) is 43.3 Å². The summed E-state index contributed by atoms with van der Waals surface area (Å²) in [5.41, 5.74) is 5.62. The van der Waals surface area contributed by atoms with Gasteiger partial charge in [0.2, 0.25) is 0 Å². The highest BCUT2D eigenvalue weighted by molar-refractivity contribution is 7.91. The Hall–Kier alpha value is -4.10. The monoisotopic (exact) mass is 662 g/mol. The van der Waals surface area contributed by atoms with Gasteiger partial charge in [-0.1, -0.05) is 37.3 Å². The van der Waals surface area contributed by atoms with Crippen molar-refractivity contribution in [2.75, 3.05) is 25.9 Å². The van der Waals surface area contributed by atoms with Crippen LogP contribution in [0.4, 0.5) is 0 Å². The summed E-state index contributed by atoms with van der Waals surface area (Å²) in [4.78, 5) is 24.0. The predicted octanol–water partition coefficient (Wildman–Crippen LogP) is 5.55. The molecule has 242 valence electrons. The lowest BCUT2D eigenvalue weighted by molar-refractivity contribution is 0.0916. The zero-order chi connectivity index (χ0) is 33.2. The molecule has 0 atom stereocenters. The maximum atomic E-state index is 13.5. The van der Waals surface area contributed by atoms with Crippen molar-refractivity contribution < 1.29 is 26.2 Å². The molecule has 5 aromatic rings. The summed E-state index contributed by atoms with van der Waals surface area (Å²) < 4.78 is 54.5. The third-order valence-corrected chi connectivity index (χ3v) is 10.9. The minimum Gasteiger partial charge on any atom is -0.349 e. The summed E-state index contributed by atoms with van der Waals surface area (Å²) in [6, 6.07) is 18.6. The first-order valence-electron chi connectivity index (χ1n) is 15.0. The summed E-state index contributed by atoms with van der Waals surface area (Å²) in [6.45, 7) is 7.51. The van der Waals surface area contributed by atoms with E-state index in [0.29, 0.717) is 5.56 Å². The van der Waals surface area contributed by atoms with Crippen LogP contribution in [-0.2, 0) is 20.0 Å². The molecule has 3 heterocycles. The number of amides is 1. The Morgan fingerprint density at radius 3 is 2.28 bits per heavy atom. The van der Waals surface area contributed by atoms with Gasteiger partial charge in [-0.3, -0.25) is 9.35 Å². The number of rotatable bonds is 6. The van der Waals surface area contributed by atoms with Crippen LogP contribution < -0.4 is 5.32 Å². The van der Waals surface area contributed by atoms with Crippen molar-refractivity contribution in [2.24, 2.45) is 0 Å². The number of benzene rings is 3. The van der Waals surface area contributed by atoms with Crippen LogP contribution in [0, 0.1) is 13.8 Å². The van der Waals surface area contributed by atoms with Gasteiger partial charge >= 0.3 is 0 Å². The second-order valence-corrected chi connectivity index (χ2v) is 15.4. The minimum atomic E-state index is -4.00. The van der Waals surface area contributed by atoms with E-state index >= 15 is 0 Å². The molecule has 0 radical (unpaired) electrons. The number of carbonyl (C=O) groups excluding carboxylic acids is 1. The fourth-order valence-electron chi connectivity index (χ4n) is 5.69. The van der Waals surface area contributed by atoms with Crippen LogP contribution in [0.15, 0.2) is 82.7 Å². The van der Waals surface area contributed by atoms with E-state index in [0.717, 1.165) is 70.1 Å². The smallest absolute Gasteiger partial charge is 0.294 e. The molecule has 1 amide bonds. The number of carbonyl (C=O) groups is 1. The highest BCUT2D eigenvalue weighted by Crippen LogP contribution is 2.38. The second kappa shape index (κ2) is 13.3. The molecule has 1 fully saturated rings. The summed E-state index contributed by atoms with van der Waals surface area (Å²) in [5.74, 6) is -0.0782. The molecule has 2 aromatic heterocycles. The van der Waals surface area contributed by atoms with E-state index in [-0.39, 0.29) is 27.5 Å². The van der Waals surface area contributed by atoms with Gasteiger partial charge in [-0.15, -0.1) is 0 Å². The van der Waals surface area contributed by atoms with Gasteiger partial charge in [-0.2, -0.15) is 8.42 Å². The first kappa shape index (κ1) is 33.3. The molecule has 3 N–H and O–H groups in total. The lowest BCUT2D eigenvalue weighted by Crippen LogP contribution is -2.43. The van der Waals surface area contributed by atoms with Gasteiger partial charge in [0.15, 0.2) is 9.84 Å². The Morgan fingerprint density at radius 1 is 0.978 bits per heavy atom. The maximum absolute atomic E-state index is 13.5. The lowest BCUT2D eigenvalue weighted by atomic mass is 9.93. The summed E-state index contributed by atoms with van der Waals surface area (Å²) in [6.07, 6.45) is 3.65. The highest BCUT2D eigenvalue weighted by Gasteiger charge is 2.24. The van der Waals surface area contributed by atoms with Crippen LogP contribution in [0.3, 0.4) is 0 Å². The topological polar surface area (TPSA) is 150 Å². The van der Waals surface area contributed by atoms with Crippen molar-refractivity contribution in [1.82, 2.24) is 20.2 Å². The number of nitrogens with zero attached hydrogens (tertiary/aromatic N) is 2. The number of nitrogens with one attached hydrogen (secondary N) is 2. The molecule has 0 aliphatic carbocycles. The molecule has 1 saturated heterocycles. The molecular weight excluding hydrogens is 625 g/mol. The second-order valence-electron chi connectivity index (χ2n) is 11.7. The van der Waals surface area contributed by atoms with Crippen LogP contribution in [-0.4, -0.2) is 74.1 Å². The van der Waals surface area contributed by atoms with E-state index in [2.05, 4.69) is 33.3 Å². The number of pyridine rings is 1. The standard InChI is InChI=1S/C28H32N4O3S.C6H6O3S/c1-5-36(34,35)21-8-6-7-19(14-21)23-15-22(28(33)30-20-9-11-32(4)12-10-20)18(3)26-25(23)24-13-17(2)16-29-27(24)31-26;7-10(8,9)6-4-2-1-3-5-6/h6-8,13-16,20H,5,9-12H2,1-4H3,(H,29,31)(H,30,33);1-5H,(H,7,8,9). The molecule has 1 aliphatic heterocycles. The van der Waals surface area contributed by atoms with Gasteiger partial charge in [0, 0.05) is 28.6 Å². The largest absolute Gasteiger partial charge is 0.349 e. The highest BCUT2D eigenvalue weighted by atomic mass is 32.2. The Bertz CT molecular complexity index is 2120. The Kier molecular flexibility index (Phi) is 9.64. The SMILES string of the molecule is CCS(=O)(=O)c1cccc(-c2cc(C(=O)NC3CCN(C)CC3)c(C)c3[nH]c4ncc(C)cc4c23)c1.O=S(=O)(O)c1ccccc1. The molecule has 1 aliphatic rings. The third kappa shape index (κ3) is 7.15. The molecule has 12 heteroatoms. The number of fused-ring (bicyclic) bond motifs is 3. The molecule has 0 saturated carbocycles. The number of H-pyrrole nitrogens is 1. The van der Waals surface area contributed by atoms with Gasteiger partial charge in [0.25, 0.3) is 16.0 Å². The zero-order valence-corrected chi connectivity index (χ0v) is 27.9. The molecular formula is C34H38N4O6S2. The van der Waals surface area contributed by atoms with E-state index < -0.39 is 20.0 Å². The summed E-state index contributed by atoms with van der Waals surface area (Å²) >= 11 is 0. The van der Waals surface area contributed by atoms with Gasteiger partial charge in [0.05, 0.1) is 21.1 Å². The molecule has 6 rings (SSSR count). The van der Waals surface area contributed by atoms with Crippen molar-refractivity contribution >= 4 is 47.8 Å². The Labute approximate surface area is 269 Å². The van der Waals surface area contributed by atoms with Crippen LogP contribution in [0.5, 0.6) is 0 Å². The quantitative estimate of drug-likeness (QED) is 0.200. The van der Waals surface area contributed by atoms with E-state index in [1.807, 2.05) is 32.2 Å². The fourth-order valence-corrected chi connectivity index (χ4v) is 7.12. The Balaban J connectivity index is 0.000000356. The summed E-state index contributed by atoms with van der Waals surface area (Å²) in [5, 5.41) is 5.13. The number of aromatic amines is 1. The fraction of sp³-hybridized carbons (Fsp3) is 0.294. The number of likely N-dealkylation sites (tertiary alicyclic amines) is 1. The minimum absolute atomic E-state index is 0.0280. The summed E-state index contributed by atoms with van der Waals surface area (Å²) in [7, 11) is -5.28. The molecule has 0 bridgehead atoms. The number of hydrogen-bond acceptors (Lipinski definition) is 7. The first-order chi connectivity index (χ1) is 21.8. The van der Waals surface area contributed by atoms with Crippen molar-refractivity contribution in [3.05, 3.63) is 89.6 Å². The van der Waals surface area contributed by atoms with Crippen LogP contribution in [0.1, 0.15) is 41.3 Å². The molecule has 10 nitrogen and oxygen atoms in total. The van der Waals surface area contributed by atoms with Crippen LogP contribution in [0.2, 0.25) is 0 Å². The lowest BCUT2D eigenvalue weighted by Gasteiger charge is -2.29. The molecule has 46 heavy (non-hydrogen) atoms. The number of sulfone groups is 1. The van der Waals surface area contributed by atoms with E-state index in [1.165, 1.54) is 12.1 Å². The number of piperidine rings is 1. The number of hydrogen-bond donors (Lipinski definition) is 3. The van der Waals surface area contributed by atoms with Gasteiger partial charge in [0.1, 0.15) is 5.65 Å². The van der Waals surface area contributed by atoms with E-state index in [4.69, 9.17) is 4.55 Å². The molecule has 0 spiro atoms. The number of aryl methyl sites for hydroxylation is 2. The van der Waals surface area contributed by atoms with Crippen molar-refractivity contribution in [3.8, 4) is 11.1 Å². The molecule has 3 aromatic carbocycles. The van der Waals surface area contributed by atoms with Gasteiger partial charge in [-0.25, -0.2) is 13.4 Å². The Morgan fingerprint density at radius 2 is 1.65 bits per heavy atom. The van der Waals surface area contributed by atoms with Crippen molar-refractivity contribution in [3.63, 3.8) is 0 Å². The predicted molar refractivity (Wildman–Crippen MR) is 180 cm³/mol. The average molecular weight is 663 g/mol. The van der Waals surface area contributed by atoms with Crippen LogP contribution in [0.25, 0.3) is 33.1 Å². The molecule has 0 unspecified atom stereocenters. The third-order valence-electron chi connectivity index (χ3n) is 8.35. The first-order valence-corrected chi connectivity index (χ1v) is 18.1. The normalized spacial score (nSPS) is 14.6. The maximum Gasteiger partial charge on any atom is 0.294 e. The van der Waals surface area contributed by atoms with E-state index in [9.17, 15) is 21.6 Å². The average Bonchev–Trinajstić information content (AvgIpc) is 3.42. The zero-order valence-electron chi connectivity index (χ0n) is 26.2. The van der Waals surface area contributed by atoms with Gasteiger partial charge in [-0.05, 0) is 105 Å².